The number of nitrogens with one attached hydrogen (secondary N) is 1. The lowest BCUT2D eigenvalue weighted by Gasteiger charge is -2.41. The first-order valence-electron chi connectivity index (χ1n) is 10.0. The molecule has 2 aliphatic heterocycles. The fourth-order valence-electron chi connectivity index (χ4n) is 4.50. The van der Waals surface area contributed by atoms with Gasteiger partial charge in [0.2, 0.25) is 5.91 Å². The molecule has 8 heteroatoms. The summed E-state index contributed by atoms with van der Waals surface area (Å²) in [5, 5.41) is 7.58. The minimum absolute atomic E-state index is 0.0533. The van der Waals surface area contributed by atoms with Crippen LogP contribution in [0.5, 0.6) is 0 Å². The molecule has 2 aromatic rings. The molecule has 1 unspecified atom stereocenters. The monoisotopic (exact) mass is 406 g/mol. The van der Waals surface area contributed by atoms with Crippen LogP contribution in [0.3, 0.4) is 0 Å². The van der Waals surface area contributed by atoms with Crippen molar-refractivity contribution in [2.45, 2.75) is 51.1 Å². The summed E-state index contributed by atoms with van der Waals surface area (Å²) < 4.78 is 42.1. The first-order chi connectivity index (χ1) is 13.9. The van der Waals surface area contributed by atoms with Crippen LogP contribution in [0, 0.1) is 18.7 Å². The maximum Gasteiger partial charge on any atom is 0.260 e. The molecule has 156 valence electrons. The molecule has 0 saturated carbocycles. The molecular formula is C21H25F3N4O. The van der Waals surface area contributed by atoms with Crippen LogP contribution < -0.4 is 5.32 Å². The van der Waals surface area contributed by atoms with E-state index in [0.29, 0.717) is 30.2 Å². The average Bonchev–Trinajstić information content (AvgIpc) is 3.07. The van der Waals surface area contributed by atoms with Crippen molar-refractivity contribution in [3.8, 4) is 0 Å². The molecule has 0 bridgehead atoms. The highest BCUT2D eigenvalue weighted by Gasteiger charge is 2.38. The normalized spacial score (nSPS) is 24.3. The topological polar surface area (TPSA) is 50.2 Å². The van der Waals surface area contributed by atoms with Crippen LogP contribution in [-0.4, -0.2) is 46.1 Å². The number of likely N-dealkylation sites (tertiary alicyclic amines) is 1. The van der Waals surface area contributed by atoms with Gasteiger partial charge in [0.1, 0.15) is 17.7 Å². The van der Waals surface area contributed by atoms with Gasteiger partial charge >= 0.3 is 0 Å². The number of piperidine rings is 1. The number of hydrogen-bond donors (Lipinski definition) is 1. The maximum atomic E-state index is 13.6. The Morgan fingerprint density at radius 3 is 2.93 bits per heavy atom. The van der Waals surface area contributed by atoms with Crippen molar-refractivity contribution in [3.63, 3.8) is 0 Å². The number of aryl methyl sites for hydroxylation is 1. The summed E-state index contributed by atoms with van der Waals surface area (Å²) in [4.78, 5) is 14.5. The average molecular weight is 406 g/mol. The van der Waals surface area contributed by atoms with Crippen molar-refractivity contribution in [1.29, 1.82) is 0 Å². The lowest BCUT2D eigenvalue weighted by atomic mass is 9.85. The summed E-state index contributed by atoms with van der Waals surface area (Å²) in [6, 6.07) is 6.76. The van der Waals surface area contributed by atoms with Gasteiger partial charge in [-0.05, 0) is 49.8 Å². The number of hydrogen-bond acceptors (Lipinski definition) is 3. The first kappa shape index (κ1) is 19.8. The molecule has 1 fully saturated rings. The van der Waals surface area contributed by atoms with Gasteiger partial charge in [-0.15, -0.1) is 0 Å². The largest absolute Gasteiger partial charge is 0.367 e. The van der Waals surface area contributed by atoms with E-state index in [1.165, 1.54) is 16.8 Å². The molecule has 0 radical (unpaired) electrons. The van der Waals surface area contributed by atoms with Crippen LogP contribution in [-0.2, 0) is 11.2 Å². The third-order valence-electron chi connectivity index (χ3n) is 5.92. The number of anilines is 1. The molecule has 4 rings (SSSR count). The number of benzene rings is 1. The van der Waals surface area contributed by atoms with Crippen LogP contribution >= 0.6 is 0 Å². The Morgan fingerprint density at radius 1 is 1.34 bits per heavy atom. The Labute approximate surface area is 167 Å². The molecule has 1 aromatic heterocycles. The van der Waals surface area contributed by atoms with Gasteiger partial charge < -0.3 is 10.2 Å². The van der Waals surface area contributed by atoms with Gasteiger partial charge in [0.05, 0.1) is 12.1 Å². The summed E-state index contributed by atoms with van der Waals surface area (Å²) in [6.07, 6.45) is -0.358. The Bertz CT molecular complexity index is 885. The van der Waals surface area contributed by atoms with Crippen LogP contribution in [0.2, 0.25) is 0 Å². The number of nitrogens with zero attached hydrogens (tertiary/aromatic N) is 3. The number of fused-ring (bicyclic) bond motifs is 1. The summed E-state index contributed by atoms with van der Waals surface area (Å²) in [6.45, 7) is 2.96. The lowest BCUT2D eigenvalue weighted by molar-refractivity contribution is -0.132. The van der Waals surface area contributed by atoms with Gasteiger partial charge in [0.15, 0.2) is 0 Å². The van der Waals surface area contributed by atoms with Crippen LogP contribution in [0.15, 0.2) is 30.3 Å². The van der Waals surface area contributed by atoms with E-state index in [1.807, 2.05) is 0 Å². The van der Waals surface area contributed by atoms with Gasteiger partial charge in [0.25, 0.3) is 6.43 Å². The minimum Gasteiger partial charge on any atom is -0.367 e. The van der Waals surface area contributed by atoms with E-state index < -0.39 is 12.5 Å². The third kappa shape index (κ3) is 4.26. The van der Waals surface area contributed by atoms with E-state index in [1.54, 1.807) is 30.0 Å². The zero-order valence-electron chi connectivity index (χ0n) is 16.3. The summed E-state index contributed by atoms with van der Waals surface area (Å²) >= 11 is 0. The first-order valence-corrected chi connectivity index (χ1v) is 10.0. The van der Waals surface area contributed by atoms with Crippen LogP contribution in [0.25, 0.3) is 0 Å². The molecule has 29 heavy (non-hydrogen) atoms. The second-order valence-electron chi connectivity index (χ2n) is 8.05. The van der Waals surface area contributed by atoms with Crippen molar-refractivity contribution < 1.29 is 18.0 Å². The molecule has 1 amide bonds. The van der Waals surface area contributed by atoms with Crippen LogP contribution in [0.4, 0.5) is 19.0 Å². The standard InChI is InChI=1S/C21H25F3N4O/c1-13-8-19-25-17(11-18(21(23)24)28(19)26-13)15-5-3-7-27(12-15)20(29)10-14-4-2-6-16(22)9-14/h2,4,6,8-9,15,17-18,21,25H,3,5,7,10-12H2,1H3/t15?,17-,18+/m0/s1. The highest BCUT2D eigenvalue weighted by Crippen LogP contribution is 2.36. The predicted molar refractivity (Wildman–Crippen MR) is 103 cm³/mol. The number of amides is 1. The molecule has 1 N–H and O–H groups in total. The number of halogens is 3. The molecule has 2 aliphatic rings. The number of carbonyl (C=O) groups is 1. The number of aromatic nitrogens is 2. The van der Waals surface area contributed by atoms with Gasteiger partial charge in [-0.25, -0.2) is 17.9 Å². The number of carbonyl (C=O) groups excluding carboxylic acids is 1. The fourth-order valence-corrected chi connectivity index (χ4v) is 4.50. The zero-order chi connectivity index (χ0) is 20.5. The Morgan fingerprint density at radius 2 is 2.17 bits per heavy atom. The molecule has 0 spiro atoms. The quantitative estimate of drug-likeness (QED) is 0.840. The predicted octanol–water partition coefficient (Wildman–Crippen LogP) is 3.80. The van der Waals surface area contributed by atoms with Gasteiger partial charge in [-0.3, -0.25) is 4.79 Å². The van der Waals surface area contributed by atoms with E-state index >= 15 is 0 Å². The molecule has 0 aliphatic carbocycles. The Hall–Kier alpha value is -2.51. The highest BCUT2D eigenvalue weighted by molar-refractivity contribution is 5.78. The van der Waals surface area contributed by atoms with Gasteiger partial charge in [0, 0.05) is 25.2 Å². The van der Waals surface area contributed by atoms with Crippen molar-refractivity contribution in [2.24, 2.45) is 5.92 Å². The molecule has 1 aromatic carbocycles. The second kappa shape index (κ2) is 8.08. The Balaban J connectivity index is 1.45. The van der Waals surface area contributed by atoms with E-state index in [0.717, 1.165) is 12.8 Å². The summed E-state index contributed by atoms with van der Waals surface area (Å²) in [5.74, 6) is 0.295. The zero-order valence-corrected chi connectivity index (χ0v) is 16.3. The van der Waals surface area contributed by atoms with E-state index in [4.69, 9.17) is 0 Å². The highest BCUT2D eigenvalue weighted by atomic mass is 19.3. The second-order valence-corrected chi connectivity index (χ2v) is 8.05. The minimum atomic E-state index is -2.49. The van der Waals surface area contributed by atoms with Crippen molar-refractivity contribution in [1.82, 2.24) is 14.7 Å². The smallest absolute Gasteiger partial charge is 0.260 e. The molecule has 1 saturated heterocycles. The number of rotatable bonds is 4. The molecule has 5 nitrogen and oxygen atoms in total. The van der Waals surface area contributed by atoms with Gasteiger partial charge in [-0.2, -0.15) is 5.10 Å². The molecule has 3 atom stereocenters. The van der Waals surface area contributed by atoms with Crippen molar-refractivity contribution in [3.05, 3.63) is 47.4 Å². The SMILES string of the molecule is Cc1cc2n(n1)[C@@H](C(F)F)C[C@@H](C1CCCN(C(=O)Cc3cccc(F)c3)C1)N2. The maximum absolute atomic E-state index is 13.6. The van der Waals surface area contributed by atoms with Crippen molar-refractivity contribution >= 4 is 11.7 Å². The van der Waals surface area contributed by atoms with Crippen molar-refractivity contribution in [2.75, 3.05) is 18.4 Å². The third-order valence-corrected chi connectivity index (χ3v) is 5.92. The van der Waals surface area contributed by atoms with E-state index in [9.17, 15) is 18.0 Å². The summed E-state index contributed by atoms with van der Waals surface area (Å²) in [7, 11) is 0. The summed E-state index contributed by atoms with van der Waals surface area (Å²) in [5.41, 5.74) is 1.35. The fraction of sp³-hybridized carbons (Fsp3) is 0.524. The van der Waals surface area contributed by atoms with E-state index in [-0.39, 0.29) is 36.5 Å². The van der Waals surface area contributed by atoms with E-state index in [2.05, 4.69) is 10.4 Å². The number of alkyl halides is 2. The molecule has 3 heterocycles. The molecular weight excluding hydrogens is 381 g/mol. The van der Waals surface area contributed by atoms with Gasteiger partial charge in [-0.1, -0.05) is 12.1 Å². The lowest BCUT2D eigenvalue weighted by Crippen LogP contribution is -2.48. The Kier molecular flexibility index (Phi) is 5.52. The van der Waals surface area contributed by atoms with Crippen LogP contribution in [0.1, 0.15) is 36.6 Å².